The quantitative estimate of drug-likeness (QED) is 0.247. The summed E-state index contributed by atoms with van der Waals surface area (Å²) >= 11 is 0. The third-order valence-electron chi connectivity index (χ3n) is 10.6. The maximum Gasteiger partial charge on any atom is 0.397 e. The zero-order valence-electron chi connectivity index (χ0n) is 22.6. The molecule has 4 rings (SSSR count). The minimum atomic E-state index is -4.69. The molecule has 12 heteroatoms. The summed E-state index contributed by atoms with van der Waals surface area (Å²) in [5.74, 6) is 0.260. The van der Waals surface area contributed by atoms with Crippen LogP contribution in [0.25, 0.3) is 0 Å². The number of aliphatic hydroxyl groups is 2. The molecule has 0 saturated heterocycles. The molecule has 0 aromatic heterocycles. The third-order valence-corrected chi connectivity index (χ3v) is 11.5. The second-order valence-corrected chi connectivity index (χ2v) is 15.2. The van der Waals surface area contributed by atoms with Gasteiger partial charge in [-0.25, -0.2) is 8.37 Å². The Labute approximate surface area is 227 Å². The van der Waals surface area contributed by atoms with Gasteiger partial charge >= 0.3 is 20.8 Å². The molecule has 11 atom stereocenters. The first-order valence-electron chi connectivity index (χ1n) is 13.8. The smallest absolute Gasteiger partial charge is 0.393 e. The Morgan fingerprint density at radius 1 is 0.895 bits per heavy atom. The lowest BCUT2D eigenvalue weighted by Crippen LogP contribution is -2.62. The van der Waals surface area contributed by atoms with Crippen molar-refractivity contribution in [3.63, 3.8) is 0 Å². The van der Waals surface area contributed by atoms with Gasteiger partial charge in [0.1, 0.15) is 6.10 Å². The molecule has 0 aliphatic heterocycles. The van der Waals surface area contributed by atoms with Crippen LogP contribution in [-0.2, 0) is 29.2 Å². The van der Waals surface area contributed by atoms with E-state index in [9.17, 15) is 31.6 Å². The fourth-order valence-corrected chi connectivity index (χ4v) is 10.1. The van der Waals surface area contributed by atoms with Gasteiger partial charge in [0.15, 0.2) is 0 Å². The Hall–Kier alpha value is -0.600. The molecule has 38 heavy (non-hydrogen) atoms. The van der Waals surface area contributed by atoms with Crippen LogP contribution >= 0.6 is 0 Å². The van der Waals surface area contributed by atoms with E-state index in [2.05, 4.69) is 13.8 Å². The van der Waals surface area contributed by atoms with E-state index in [-0.39, 0.29) is 54.0 Å². The first-order chi connectivity index (χ1) is 17.5. The molecule has 11 unspecified atom stereocenters. The first-order valence-corrected chi connectivity index (χ1v) is 16.5. The van der Waals surface area contributed by atoms with Crippen molar-refractivity contribution in [2.24, 2.45) is 52.3 Å². The first kappa shape index (κ1) is 30.4. The van der Waals surface area contributed by atoms with Gasteiger partial charge in [-0.15, -0.1) is 0 Å². The van der Waals surface area contributed by atoms with E-state index in [0.29, 0.717) is 25.2 Å². The molecule has 4 saturated carbocycles. The van der Waals surface area contributed by atoms with Crippen LogP contribution in [0.4, 0.5) is 0 Å². The van der Waals surface area contributed by atoms with Gasteiger partial charge in [-0.1, -0.05) is 39.8 Å². The molecule has 0 aromatic rings. The second kappa shape index (κ2) is 10.7. The van der Waals surface area contributed by atoms with E-state index in [1.54, 1.807) is 0 Å². The van der Waals surface area contributed by atoms with Crippen molar-refractivity contribution in [1.82, 2.24) is 0 Å². The number of hydrogen-bond acceptors (Lipinski definition) is 8. The van der Waals surface area contributed by atoms with Crippen LogP contribution in [0.3, 0.4) is 0 Å². The van der Waals surface area contributed by atoms with Gasteiger partial charge in [-0.05, 0) is 91.3 Å². The predicted octanol–water partition coefficient (Wildman–Crippen LogP) is 3.42. The molecule has 0 bridgehead atoms. The van der Waals surface area contributed by atoms with Crippen LogP contribution in [0.2, 0.25) is 0 Å². The largest absolute Gasteiger partial charge is 0.397 e. The van der Waals surface area contributed by atoms with E-state index in [0.717, 1.165) is 19.3 Å². The standard InChI is InChI=1S/C26H44O10S2/c1-15(2)5-6-16(14-35-37(29,30)31)18-9-10-19-17-7-8-20-24(28)22(36-38(32,33)34)11-12-25(20,3)23(17)21(27)13-26(18,19)4/h5-6,15-24,27-28H,7-14H2,1-4H3,(H,29,30,31)(H,32,33,34). The molecular weight excluding hydrogens is 536 g/mol. The summed E-state index contributed by atoms with van der Waals surface area (Å²) in [4.78, 5) is 0. The fourth-order valence-electron chi connectivity index (χ4n) is 9.27. The van der Waals surface area contributed by atoms with Gasteiger partial charge < -0.3 is 10.2 Å². The second-order valence-electron chi connectivity index (χ2n) is 13.0. The normalized spacial score (nSPS) is 44.6. The average Bonchev–Trinajstić information content (AvgIpc) is 3.10. The van der Waals surface area contributed by atoms with Gasteiger partial charge in [0.25, 0.3) is 0 Å². The van der Waals surface area contributed by atoms with Gasteiger partial charge in [-0.2, -0.15) is 16.8 Å². The van der Waals surface area contributed by atoms with Gasteiger partial charge in [-0.3, -0.25) is 9.11 Å². The summed E-state index contributed by atoms with van der Waals surface area (Å²) in [6.07, 6.45) is 5.92. The minimum absolute atomic E-state index is 0.0647. The van der Waals surface area contributed by atoms with Crippen LogP contribution in [0.1, 0.15) is 72.6 Å². The molecule has 4 fully saturated rings. The molecule has 0 heterocycles. The topological polar surface area (TPSA) is 168 Å². The van der Waals surface area contributed by atoms with Crippen LogP contribution in [0.5, 0.6) is 0 Å². The summed E-state index contributed by atoms with van der Waals surface area (Å²) in [6, 6.07) is 0. The molecule has 220 valence electrons. The van der Waals surface area contributed by atoms with Crippen molar-refractivity contribution in [1.29, 1.82) is 0 Å². The number of allylic oxidation sites excluding steroid dienone is 1. The molecule has 0 aromatic carbocycles. The molecule has 4 aliphatic rings. The van der Waals surface area contributed by atoms with Crippen molar-refractivity contribution in [3.8, 4) is 0 Å². The zero-order chi connectivity index (χ0) is 28.3. The molecule has 10 nitrogen and oxygen atoms in total. The Bertz CT molecular complexity index is 1110. The molecule has 0 spiro atoms. The third kappa shape index (κ3) is 5.88. The van der Waals surface area contributed by atoms with Crippen LogP contribution in [0.15, 0.2) is 12.2 Å². The lowest BCUT2D eigenvalue weighted by atomic mass is 9.43. The van der Waals surface area contributed by atoms with Gasteiger partial charge in [0.05, 0.1) is 18.8 Å². The lowest BCUT2D eigenvalue weighted by molar-refractivity contribution is -0.204. The Morgan fingerprint density at radius 2 is 1.55 bits per heavy atom. The molecular formula is C26H44O10S2. The minimum Gasteiger partial charge on any atom is -0.393 e. The Balaban J connectivity index is 1.59. The van der Waals surface area contributed by atoms with E-state index >= 15 is 0 Å². The fraction of sp³-hybridized carbons (Fsp3) is 0.923. The molecule has 4 N–H and O–H groups in total. The van der Waals surface area contributed by atoms with Crippen molar-refractivity contribution >= 4 is 20.8 Å². The van der Waals surface area contributed by atoms with E-state index in [1.807, 2.05) is 26.0 Å². The van der Waals surface area contributed by atoms with Gasteiger partial charge in [0.2, 0.25) is 0 Å². The van der Waals surface area contributed by atoms with Crippen LogP contribution in [-0.4, -0.2) is 61.1 Å². The molecule has 0 amide bonds. The highest BCUT2D eigenvalue weighted by Gasteiger charge is 2.65. The number of hydrogen-bond donors (Lipinski definition) is 4. The Morgan fingerprint density at radius 3 is 2.16 bits per heavy atom. The Kier molecular flexibility index (Phi) is 8.52. The highest BCUT2D eigenvalue weighted by atomic mass is 32.3. The van der Waals surface area contributed by atoms with Crippen molar-refractivity contribution in [2.45, 2.75) is 91.0 Å². The predicted molar refractivity (Wildman–Crippen MR) is 139 cm³/mol. The number of fused-ring (bicyclic) bond motifs is 5. The average molecular weight is 581 g/mol. The summed E-state index contributed by atoms with van der Waals surface area (Å²) < 4.78 is 73.4. The highest BCUT2D eigenvalue weighted by Crippen LogP contribution is 2.68. The van der Waals surface area contributed by atoms with Crippen molar-refractivity contribution in [3.05, 3.63) is 12.2 Å². The maximum absolute atomic E-state index is 11.7. The summed E-state index contributed by atoms with van der Waals surface area (Å²) in [7, 11) is -9.26. The van der Waals surface area contributed by atoms with Crippen LogP contribution < -0.4 is 0 Å². The van der Waals surface area contributed by atoms with E-state index in [4.69, 9.17) is 12.9 Å². The van der Waals surface area contributed by atoms with Crippen LogP contribution in [0, 0.1) is 52.3 Å². The molecule has 4 aliphatic carbocycles. The van der Waals surface area contributed by atoms with Crippen molar-refractivity contribution < 1.29 is 44.5 Å². The lowest BCUT2D eigenvalue weighted by Gasteiger charge is -2.63. The van der Waals surface area contributed by atoms with E-state index in [1.165, 1.54) is 0 Å². The van der Waals surface area contributed by atoms with E-state index < -0.39 is 44.5 Å². The van der Waals surface area contributed by atoms with Crippen molar-refractivity contribution in [2.75, 3.05) is 6.61 Å². The maximum atomic E-state index is 11.7. The molecule has 0 radical (unpaired) electrons. The summed E-state index contributed by atoms with van der Waals surface area (Å²) in [5, 5.41) is 22.8. The SMILES string of the molecule is CC(C)C=CC(COS(=O)(=O)O)C1CCC2C3CCC4C(O)C(OS(=O)(=O)O)CCC4(C)C3C(O)CC12C. The number of aliphatic hydroxyl groups excluding tert-OH is 2. The number of rotatable bonds is 8. The summed E-state index contributed by atoms with van der Waals surface area (Å²) in [6.45, 7) is 8.20. The summed E-state index contributed by atoms with van der Waals surface area (Å²) in [5.41, 5.74) is -0.673. The zero-order valence-corrected chi connectivity index (χ0v) is 24.3. The highest BCUT2D eigenvalue weighted by molar-refractivity contribution is 7.81. The monoisotopic (exact) mass is 580 g/mol. The van der Waals surface area contributed by atoms with Gasteiger partial charge in [0, 0.05) is 5.92 Å².